The number of fused-ring (bicyclic) bond motifs is 3. The van der Waals surface area contributed by atoms with Crippen LogP contribution in [0.2, 0.25) is 5.02 Å². The highest BCUT2D eigenvalue weighted by Gasteiger charge is 2.67. The van der Waals surface area contributed by atoms with Gasteiger partial charge in [0.25, 0.3) is 0 Å². The Labute approximate surface area is 192 Å². The summed E-state index contributed by atoms with van der Waals surface area (Å²) in [6.45, 7) is 1.97. The average Bonchev–Trinajstić information content (AvgIpc) is 3.35. The van der Waals surface area contributed by atoms with E-state index in [1.807, 2.05) is 25.1 Å². The van der Waals surface area contributed by atoms with E-state index in [1.54, 1.807) is 13.3 Å². The lowest BCUT2D eigenvalue weighted by molar-refractivity contribution is -0.118. The fourth-order valence-electron chi connectivity index (χ4n) is 6.34. The molecule has 3 fully saturated rings. The van der Waals surface area contributed by atoms with Crippen molar-refractivity contribution in [3.05, 3.63) is 46.7 Å². The second-order valence-corrected chi connectivity index (χ2v) is 10.1. The van der Waals surface area contributed by atoms with Crippen LogP contribution in [0.1, 0.15) is 36.9 Å². The minimum absolute atomic E-state index is 0.119. The Morgan fingerprint density at radius 1 is 1.25 bits per heavy atom. The van der Waals surface area contributed by atoms with Gasteiger partial charge in [-0.05, 0) is 74.3 Å². The van der Waals surface area contributed by atoms with Crippen LogP contribution in [-0.2, 0) is 10.2 Å². The summed E-state index contributed by atoms with van der Waals surface area (Å²) in [6.07, 6.45) is 6.05. The van der Waals surface area contributed by atoms with Gasteiger partial charge in [-0.15, -0.1) is 0 Å². The number of halogens is 1. The maximum Gasteiger partial charge on any atom is 0.235 e. The summed E-state index contributed by atoms with van der Waals surface area (Å²) in [5.41, 5.74) is 10.5. The average molecular weight is 454 g/mol. The first-order valence-corrected chi connectivity index (χ1v) is 11.8. The fourth-order valence-corrected chi connectivity index (χ4v) is 6.50. The summed E-state index contributed by atoms with van der Waals surface area (Å²) in [5.74, 6) is 2.36. The zero-order valence-corrected chi connectivity index (χ0v) is 19.0. The molecule has 1 saturated heterocycles. The van der Waals surface area contributed by atoms with Crippen molar-refractivity contribution in [1.29, 1.82) is 0 Å². The van der Waals surface area contributed by atoms with E-state index in [0.717, 1.165) is 54.1 Å². The van der Waals surface area contributed by atoms with Crippen molar-refractivity contribution in [3.8, 4) is 5.75 Å². The van der Waals surface area contributed by atoms with Gasteiger partial charge in [-0.3, -0.25) is 15.2 Å². The number of aromatic nitrogens is 1. The number of rotatable bonds is 4. The Bertz CT molecular complexity index is 1090. The van der Waals surface area contributed by atoms with Crippen LogP contribution in [-0.4, -0.2) is 30.2 Å². The summed E-state index contributed by atoms with van der Waals surface area (Å²) in [4.78, 5) is 17.3. The SMILES string of the molecule is COc1ccc2c(c1)[C@]1(C[C@H]1C1CCC3C(C1)NNC3Nc1cc(C)ncc1Cl)C(=O)N2. The number of benzene rings is 1. The summed E-state index contributed by atoms with van der Waals surface area (Å²) in [5, 5.41) is 7.31. The third kappa shape index (κ3) is 3.02. The summed E-state index contributed by atoms with van der Waals surface area (Å²) in [6, 6.07) is 8.30. The minimum atomic E-state index is -0.368. The van der Waals surface area contributed by atoms with Gasteiger partial charge >= 0.3 is 0 Å². The number of anilines is 2. The molecule has 8 heteroatoms. The van der Waals surface area contributed by atoms with E-state index in [2.05, 4.69) is 32.5 Å². The van der Waals surface area contributed by atoms with Gasteiger partial charge in [0.15, 0.2) is 0 Å². The quantitative estimate of drug-likeness (QED) is 0.566. The molecule has 168 valence electrons. The molecule has 32 heavy (non-hydrogen) atoms. The predicted molar refractivity (Wildman–Crippen MR) is 124 cm³/mol. The monoisotopic (exact) mass is 453 g/mol. The fraction of sp³-hybridized carbons (Fsp3) is 0.500. The Balaban J connectivity index is 1.16. The first-order chi connectivity index (χ1) is 15.5. The van der Waals surface area contributed by atoms with Crippen molar-refractivity contribution in [2.24, 2.45) is 17.8 Å². The molecule has 2 aliphatic carbocycles. The lowest BCUT2D eigenvalue weighted by atomic mass is 9.74. The van der Waals surface area contributed by atoms with Gasteiger partial charge in [-0.1, -0.05) is 11.6 Å². The van der Waals surface area contributed by atoms with Crippen molar-refractivity contribution in [3.63, 3.8) is 0 Å². The van der Waals surface area contributed by atoms with E-state index in [1.165, 1.54) is 0 Å². The minimum Gasteiger partial charge on any atom is -0.497 e. The molecule has 1 spiro atoms. The molecule has 1 amide bonds. The molecule has 4 unspecified atom stereocenters. The molecule has 4 aliphatic rings. The molecule has 1 aromatic carbocycles. The molecule has 2 aliphatic heterocycles. The highest BCUT2D eigenvalue weighted by atomic mass is 35.5. The van der Waals surface area contributed by atoms with Crippen molar-refractivity contribution < 1.29 is 9.53 Å². The first kappa shape index (κ1) is 20.3. The van der Waals surface area contributed by atoms with Crippen LogP contribution in [0.25, 0.3) is 0 Å². The summed E-state index contributed by atoms with van der Waals surface area (Å²) in [7, 11) is 1.67. The number of nitrogens with zero attached hydrogens (tertiary/aromatic N) is 1. The largest absolute Gasteiger partial charge is 0.497 e. The van der Waals surface area contributed by atoms with E-state index in [-0.39, 0.29) is 17.5 Å². The predicted octanol–water partition coefficient (Wildman–Crippen LogP) is 3.59. The molecule has 0 radical (unpaired) electrons. The third-order valence-electron chi connectivity index (χ3n) is 8.04. The van der Waals surface area contributed by atoms with Crippen LogP contribution < -0.4 is 26.2 Å². The number of hydrogen-bond donors (Lipinski definition) is 4. The van der Waals surface area contributed by atoms with Crippen LogP contribution >= 0.6 is 11.6 Å². The van der Waals surface area contributed by atoms with Gasteiger partial charge in [0, 0.05) is 29.5 Å². The number of methoxy groups -OCH3 is 1. The van der Waals surface area contributed by atoms with Crippen LogP contribution in [0, 0.1) is 24.7 Å². The standard InChI is InChI=1S/C24H28ClN5O2/c1-12-7-21(18(25)11-26-12)27-22-15-5-3-13(8-20(15)29-30-22)17-10-24(17)16-9-14(32-2)4-6-19(16)28-23(24)31/h4,6-7,9,11,13,15,17,20,22,29-30H,3,5,8,10H2,1-2H3,(H,26,27)(H,28,31)/t13?,15?,17-,20?,22?,24-/m0/s1. The van der Waals surface area contributed by atoms with E-state index < -0.39 is 0 Å². The number of amides is 1. The molecule has 6 rings (SSSR count). The topological polar surface area (TPSA) is 87.3 Å². The third-order valence-corrected chi connectivity index (χ3v) is 8.35. The molecule has 2 aromatic rings. The number of aryl methyl sites for hydroxylation is 1. The van der Waals surface area contributed by atoms with Gasteiger partial charge in [0.05, 0.1) is 29.4 Å². The lowest BCUT2D eigenvalue weighted by Gasteiger charge is -2.34. The molecule has 3 heterocycles. The Morgan fingerprint density at radius 2 is 2.12 bits per heavy atom. The maximum atomic E-state index is 13.0. The van der Waals surface area contributed by atoms with E-state index in [9.17, 15) is 4.79 Å². The summed E-state index contributed by atoms with van der Waals surface area (Å²) >= 11 is 6.35. The number of carbonyl (C=O) groups excluding carboxylic acids is 1. The normalized spacial score (nSPS) is 34.7. The molecular weight excluding hydrogens is 426 g/mol. The number of hydrogen-bond acceptors (Lipinski definition) is 6. The number of hydrazine groups is 1. The first-order valence-electron chi connectivity index (χ1n) is 11.4. The van der Waals surface area contributed by atoms with Gasteiger partial charge in [-0.2, -0.15) is 0 Å². The van der Waals surface area contributed by atoms with Crippen LogP contribution in [0.3, 0.4) is 0 Å². The second-order valence-electron chi connectivity index (χ2n) is 9.71. The molecule has 7 nitrogen and oxygen atoms in total. The molecule has 0 bridgehead atoms. The van der Waals surface area contributed by atoms with Crippen LogP contribution in [0.15, 0.2) is 30.5 Å². The van der Waals surface area contributed by atoms with Gasteiger partial charge in [0.1, 0.15) is 5.75 Å². The van der Waals surface area contributed by atoms with Gasteiger partial charge < -0.3 is 15.4 Å². The van der Waals surface area contributed by atoms with Crippen molar-refractivity contribution in [2.45, 2.75) is 50.2 Å². The van der Waals surface area contributed by atoms with E-state index >= 15 is 0 Å². The maximum absolute atomic E-state index is 13.0. The van der Waals surface area contributed by atoms with Crippen LogP contribution in [0.4, 0.5) is 11.4 Å². The van der Waals surface area contributed by atoms with Crippen molar-refractivity contribution in [2.75, 3.05) is 17.7 Å². The summed E-state index contributed by atoms with van der Waals surface area (Å²) < 4.78 is 5.43. The second kappa shape index (κ2) is 7.33. The molecule has 2 saturated carbocycles. The van der Waals surface area contributed by atoms with Gasteiger partial charge in [0.2, 0.25) is 5.91 Å². The van der Waals surface area contributed by atoms with Gasteiger partial charge in [-0.25, -0.2) is 5.43 Å². The molecule has 1 aromatic heterocycles. The smallest absolute Gasteiger partial charge is 0.235 e. The Morgan fingerprint density at radius 3 is 2.97 bits per heavy atom. The Hall–Kier alpha value is -2.35. The van der Waals surface area contributed by atoms with E-state index in [4.69, 9.17) is 16.3 Å². The highest BCUT2D eigenvalue weighted by Crippen LogP contribution is 2.65. The molecule has 4 N–H and O–H groups in total. The number of nitrogens with one attached hydrogen (secondary N) is 4. The zero-order chi connectivity index (χ0) is 22.0. The van der Waals surface area contributed by atoms with Crippen molar-refractivity contribution in [1.82, 2.24) is 15.8 Å². The number of carbonyl (C=O) groups is 1. The molecular formula is C24H28ClN5O2. The molecule has 6 atom stereocenters. The van der Waals surface area contributed by atoms with Crippen molar-refractivity contribution >= 4 is 28.9 Å². The zero-order valence-electron chi connectivity index (χ0n) is 18.2. The Kier molecular flexibility index (Phi) is 4.65. The lowest BCUT2D eigenvalue weighted by Crippen LogP contribution is -2.39. The van der Waals surface area contributed by atoms with E-state index in [0.29, 0.717) is 28.8 Å². The van der Waals surface area contributed by atoms with Crippen LogP contribution in [0.5, 0.6) is 5.75 Å². The number of ether oxygens (including phenoxy) is 1. The highest BCUT2D eigenvalue weighted by molar-refractivity contribution is 6.33. The number of pyridine rings is 1.